The second-order valence-electron chi connectivity index (χ2n) is 6.40. The first-order chi connectivity index (χ1) is 12.1. The molecule has 4 rings (SSSR count). The van der Waals surface area contributed by atoms with Crippen LogP contribution in [-0.2, 0) is 17.8 Å². The zero-order valence-corrected chi connectivity index (χ0v) is 14.9. The van der Waals surface area contributed by atoms with Crippen molar-refractivity contribution in [3.63, 3.8) is 0 Å². The van der Waals surface area contributed by atoms with Crippen molar-refractivity contribution in [1.82, 2.24) is 9.47 Å². The summed E-state index contributed by atoms with van der Waals surface area (Å²) in [5.74, 6) is -0.201. The minimum Gasteiger partial charge on any atom is -0.408 e. The van der Waals surface area contributed by atoms with Gasteiger partial charge in [-0.1, -0.05) is 12.1 Å². The molecule has 0 bridgehead atoms. The summed E-state index contributed by atoms with van der Waals surface area (Å²) in [6.45, 7) is 3.37. The Morgan fingerprint density at radius 3 is 3.04 bits per heavy atom. The Bertz CT molecular complexity index is 968. The second-order valence-corrected chi connectivity index (χ2v) is 7.40. The van der Waals surface area contributed by atoms with Gasteiger partial charge in [0.1, 0.15) is 0 Å². The Hall–Kier alpha value is -2.34. The summed E-state index contributed by atoms with van der Waals surface area (Å²) in [4.78, 5) is 28.0. The fourth-order valence-corrected chi connectivity index (χ4v) is 4.57. The minimum absolute atomic E-state index is 0.139. The first-order valence-electron chi connectivity index (χ1n) is 8.59. The summed E-state index contributed by atoms with van der Waals surface area (Å²) >= 11 is 1.78. The molecule has 0 unspecified atom stereocenters. The normalized spacial score (nSPS) is 17.0. The average molecular weight is 356 g/mol. The minimum atomic E-state index is -0.358. The van der Waals surface area contributed by atoms with E-state index in [-0.39, 0.29) is 17.7 Å². The molecule has 1 atom stereocenters. The molecule has 0 saturated carbocycles. The average Bonchev–Trinajstić information content (AvgIpc) is 3.20. The number of thiophene rings is 1. The van der Waals surface area contributed by atoms with Crippen LogP contribution in [0.2, 0.25) is 0 Å². The van der Waals surface area contributed by atoms with Gasteiger partial charge in [0.25, 0.3) is 0 Å². The van der Waals surface area contributed by atoms with Crippen molar-refractivity contribution in [3.8, 4) is 0 Å². The Labute approximate surface area is 149 Å². The number of aromatic nitrogens is 1. The standard InChI is InChI=1S/C19H20N2O3S/c1-13-14-9-12-25-17(14)8-11-20(13)18(22)7-4-10-21-15-5-2-3-6-16(15)24-19(21)23/h2-3,5-6,9,12-13H,4,7-8,10-11H2,1H3/t13-/m1/s1. The molecule has 3 aromatic rings. The third-order valence-corrected chi connectivity index (χ3v) is 5.94. The maximum atomic E-state index is 12.6. The van der Waals surface area contributed by atoms with Gasteiger partial charge in [0, 0.05) is 24.4 Å². The fraction of sp³-hybridized carbons (Fsp3) is 0.368. The molecule has 0 saturated heterocycles. The lowest BCUT2D eigenvalue weighted by Gasteiger charge is -2.33. The maximum absolute atomic E-state index is 12.6. The lowest BCUT2D eigenvalue weighted by molar-refractivity contribution is -0.133. The van der Waals surface area contributed by atoms with E-state index in [1.165, 1.54) is 10.4 Å². The number of fused-ring (bicyclic) bond motifs is 2. The van der Waals surface area contributed by atoms with Gasteiger partial charge >= 0.3 is 5.76 Å². The molecule has 1 amide bonds. The third-order valence-electron chi connectivity index (χ3n) is 4.94. The van der Waals surface area contributed by atoms with Crippen molar-refractivity contribution in [1.29, 1.82) is 0 Å². The molecular weight excluding hydrogens is 336 g/mol. The molecule has 130 valence electrons. The van der Waals surface area contributed by atoms with Crippen molar-refractivity contribution in [2.75, 3.05) is 6.54 Å². The van der Waals surface area contributed by atoms with Crippen LogP contribution in [0.5, 0.6) is 0 Å². The molecule has 0 spiro atoms. The number of para-hydroxylation sites is 2. The predicted molar refractivity (Wildman–Crippen MR) is 97.9 cm³/mol. The Morgan fingerprint density at radius 1 is 1.32 bits per heavy atom. The molecule has 0 N–H and O–H groups in total. The van der Waals surface area contributed by atoms with E-state index >= 15 is 0 Å². The summed E-state index contributed by atoms with van der Waals surface area (Å²) in [6.07, 6.45) is 2.01. The highest BCUT2D eigenvalue weighted by Crippen LogP contribution is 2.33. The van der Waals surface area contributed by atoms with Crippen LogP contribution < -0.4 is 5.76 Å². The van der Waals surface area contributed by atoms with Crippen LogP contribution in [0.25, 0.3) is 11.1 Å². The summed E-state index contributed by atoms with van der Waals surface area (Å²) in [5.41, 5.74) is 2.66. The number of rotatable bonds is 4. The zero-order valence-electron chi connectivity index (χ0n) is 14.1. The van der Waals surface area contributed by atoms with Crippen LogP contribution in [0.4, 0.5) is 0 Å². The summed E-state index contributed by atoms with van der Waals surface area (Å²) < 4.78 is 6.84. The van der Waals surface area contributed by atoms with E-state index in [2.05, 4.69) is 18.4 Å². The van der Waals surface area contributed by atoms with E-state index < -0.39 is 0 Å². The van der Waals surface area contributed by atoms with Gasteiger partial charge in [0.2, 0.25) is 5.91 Å². The highest BCUT2D eigenvalue weighted by Gasteiger charge is 2.27. The number of benzene rings is 1. The van der Waals surface area contributed by atoms with E-state index in [0.29, 0.717) is 25.0 Å². The first kappa shape index (κ1) is 16.1. The van der Waals surface area contributed by atoms with Gasteiger partial charge in [-0.3, -0.25) is 9.36 Å². The first-order valence-corrected chi connectivity index (χ1v) is 9.47. The molecule has 0 radical (unpaired) electrons. The molecule has 5 nitrogen and oxygen atoms in total. The molecule has 6 heteroatoms. The largest absolute Gasteiger partial charge is 0.419 e. The molecular formula is C19H20N2O3S. The summed E-state index contributed by atoms with van der Waals surface area (Å²) in [7, 11) is 0. The van der Waals surface area contributed by atoms with Crippen LogP contribution in [-0.4, -0.2) is 21.9 Å². The van der Waals surface area contributed by atoms with Gasteiger partial charge in [0.15, 0.2) is 5.58 Å². The zero-order chi connectivity index (χ0) is 17.4. The Morgan fingerprint density at radius 2 is 2.16 bits per heavy atom. The Kier molecular flexibility index (Phi) is 4.21. The lowest BCUT2D eigenvalue weighted by atomic mass is 10.0. The predicted octanol–water partition coefficient (Wildman–Crippen LogP) is 3.58. The van der Waals surface area contributed by atoms with Gasteiger partial charge in [-0.2, -0.15) is 0 Å². The van der Waals surface area contributed by atoms with Crippen molar-refractivity contribution < 1.29 is 9.21 Å². The number of carbonyl (C=O) groups is 1. The van der Waals surface area contributed by atoms with E-state index in [4.69, 9.17) is 4.42 Å². The van der Waals surface area contributed by atoms with E-state index in [1.54, 1.807) is 22.0 Å². The van der Waals surface area contributed by atoms with Crippen LogP contribution in [0, 0.1) is 0 Å². The molecule has 0 fully saturated rings. The highest BCUT2D eigenvalue weighted by molar-refractivity contribution is 7.10. The fourth-order valence-electron chi connectivity index (χ4n) is 3.61. The number of hydrogen-bond donors (Lipinski definition) is 0. The highest BCUT2D eigenvalue weighted by atomic mass is 32.1. The third kappa shape index (κ3) is 2.91. The van der Waals surface area contributed by atoms with Gasteiger partial charge in [0.05, 0.1) is 11.6 Å². The number of aryl methyl sites for hydroxylation is 1. The smallest absolute Gasteiger partial charge is 0.408 e. The van der Waals surface area contributed by atoms with Crippen molar-refractivity contribution in [3.05, 3.63) is 56.7 Å². The molecule has 1 aromatic carbocycles. The molecule has 1 aliphatic heterocycles. The number of amides is 1. The maximum Gasteiger partial charge on any atom is 0.419 e. The van der Waals surface area contributed by atoms with Crippen LogP contribution in [0.3, 0.4) is 0 Å². The molecule has 2 aromatic heterocycles. The topological polar surface area (TPSA) is 55.5 Å². The number of nitrogens with zero attached hydrogens (tertiary/aromatic N) is 2. The molecule has 0 aliphatic carbocycles. The van der Waals surface area contributed by atoms with Crippen LogP contribution in [0.1, 0.15) is 36.2 Å². The lowest BCUT2D eigenvalue weighted by Crippen LogP contribution is -2.38. The van der Waals surface area contributed by atoms with Gasteiger partial charge < -0.3 is 9.32 Å². The van der Waals surface area contributed by atoms with Gasteiger partial charge in [-0.15, -0.1) is 11.3 Å². The number of oxazole rings is 1. The second kappa shape index (κ2) is 6.52. The van der Waals surface area contributed by atoms with E-state index in [1.807, 2.05) is 23.1 Å². The SMILES string of the molecule is C[C@@H]1c2ccsc2CCN1C(=O)CCCn1c(=O)oc2ccccc21. The van der Waals surface area contributed by atoms with Crippen LogP contribution >= 0.6 is 11.3 Å². The Balaban J connectivity index is 1.41. The number of hydrogen-bond acceptors (Lipinski definition) is 4. The van der Waals surface area contributed by atoms with Gasteiger partial charge in [-0.05, 0) is 48.9 Å². The number of carbonyl (C=O) groups excluding carboxylic acids is 1. The summed E-state index contributed by atoms with van der Waals surface area (Å²) in [6, 6.07) is 9.64. The van der Waals surface area contributed by atoms with Crippen molar-refractivity contribution in [2.45, 2.75) is 38.8 Å². The van der Waals surface area contributed by atoms with Crippen molar-refractivity contribution in [2.24, 2.45) is 0 Å². The summed E-state index contributed by atoms with van der Waals surface area (Å²) in [5, 5.41) is 2.10. The van der Waals surface area contributed by atoms with E-state index in [0.717, 1.165) is 18.5 Å². The quantitative estimate of drug-likeness (QED) is 0.718. The molecule has 3 heterocycles. The van der Waals surface area contributed by atoms with Gasteiger partial charge in [-0.25, -0.2) is 4.79 Å². The van der Waals surface area contributed by atoms with Crippen LogP contribution in [0.15, 0.2) is 44.9 Å². The monoisotopic (exact) mass is 356 g/mol. The molecule has 25 heavy (non-hydrogen) atoms. The van der Waals surface area contributed by atoms with E-state index in [9.17, 15) is 9.59 Å². The van der Waals surface area contributed by atoms with Crippen molar-refractivity contribution >= 4 is 28.3 Å². The molecule has 1 aliphatic rings.